The zero-order valence-corrected chi connectivity index (χ0v) is 14.4. The third kappa shape index (κ3) is 4.12. The number of halogens is 1. The molecular weight excluding hydrogens is 350 g/mol. The van der Waals surface area contributed by atoms with Crippen LogP contribution in [0.2, 0.25) is 0 Å². The van der Waals surface area contributed by atoms with Crippen molar-refractivity contribution in [2.24, 2.45) is 5.73 Å². The fourth-order valence-corrected chi connectivity index (χ4v) is 3.04. The van der Waals surface area contributed by atoms with Crippen LogP contribution >= 0.6 is 27.3 Å². The molecule has 1 heterocycles. The molecule has 1 unspecified atom stereocenters. The van der Waals surface area contributed by atoms with Crippen LogP contribution in [0.3, 0.4) is 0 Å². The highest BCUT2D eigenvalue weighted by Crippen LogP contribution is 2.26. The van der Waals surface area contributed by atoms with E-state index in [4.69, 9.17) is 5.73 Å². The van der Waals surface area contributed by atoms with E-state index in [1.54, 1.807) is 23.3 Å². The van der Waals surface area contributed by atoms with Crippen molar-refractivity contribution in [1.82, 2.24) is 9.88 Å². The molecule has 0 saturated heterocycles. The molecule has 0 spiro atoms. The van der Waals surface area contributed by atoms with Gasteiger partial charge in [0, 0.05) is 35.1 Å². The van der Waals surface area contributed by atoms with Crippen molar-refractivity contribution in [1.29, 1.82) is 0 Å². The molecule has 4 nitrogen and oxygen atoms in total. The number of hydrogen-bond acceptors (Lipinski definition) is 4. The molecule has 112 valence electrons. The van der Waals surface area contributed by atoms with Crippen molar-refractivity contribution in [2.45, 2.75) is 19.4 Å². The lowest BCUT2D eigenvalue weighted by atomic mass is 10.2. The van der Waals surface area contributed by atoms with Gasteiger partial charge in [0.1, 0.15) is 5.01 Å². The van der Waals surface area contributed by atoms with Gasteiger partial charge in [-0.3, -0.25) is 4.79 Å². The lowest BCUT2D eigenvalue weighted by Gasteiger charge is -2.23. The number of likely N-dealkylation sites (N-methyl/N-ethyl adjacent to an activating group) is 1. The van der Waals surface area contributed by atoms with Gasteiger partial charge in [0.15, 0.2) is 0 Å². The Morgan fingerprint density at radius 3 is 2.95 bits per heavy atom. The molecule has 6 heteroatoms. The molecule has 1 aromatic carbocycles. The van der Waals surface area contributed by atoms with E-state index in [1.165, 1.54) is 0 Å². The summed E-state index contributed by atoms with van der Waals surface area (Å²) in [6, 6.07) is 8.03. The fraction of sp³-hybridized carbons (Fsp3) is 0.333. The molecule has 2 N–H and O–H groups in total. The summed E-state index contributed by atoms with van der Waals surface area (Å²) in [5.74, 6) is 0.0408. The van der Waals surface area contributed by atoms with Crippen LogP contribution in [-0.2, 0) is 11.2 Å². The minimum absolute atomic E-state index is 0.0408. The van der Waals surface area contributed by atoms with Crippen LogP contribution in [0.1, 0.15) is 12.6 Å². The lowest BCUT2D eigenvalue weighted by molar-refractivity contribution is -0.130. The number of benzene rings is 1. The van der Waals surface area contributed by atoms with E-state index in [0.29, 0.717) is 13.0 Å². The molecule has 1 aromatic heterocycles. The molecule has 0 bridgehead atoms. The van der Waals surface area contributed by atoms with E-state index in [0.717, 1.165) is 20.7 Å². The van der Waals surface area contributed by atoms with Gasteiger partial charge in [0.05, 0.1) is 12.1 Å². The summed E-state index contributed by atoms with van der Waals surface area (Å²) in [5.41, 5.74) is 7.44. The summed E-state index contributed by atoms with van der Waals surface area (Å²) >= 11 is 5.01. The van der Waals surface area contributed by atoms with Gasteiger partial charge in [-0.2, -0.15) is 0 Å². The predicted molar refractivity (Wildman–Crippen MR) is 90.2 cm³/mol. The van der Waals surface area contributed by atoms with Crippen molar-refractivity contribution in [3.63, 3.8) is 0 Å². The monoisotopic (exact) mass is 367 g/mol. The highest BCUT2D eigenvalue weighted by molar-refractivity contribution is 9.10. The number of amides is 1. The fourth-order valence-electron chi connectivity index (χ4n) is 1.83. The molecular formula is C15H18BrN3OS. The Kier molecular flexibility index (Phi) is 5.50. The molecule has 21 heavy (non-hydrogen) atoms. The van der Waals surface area contributed by atoms with E-state index in [1.807, 2.05) is 36.6 Å². The second kappa shape index (κ2) is 7.15. The maximum atomic E-state index is 12.1. The number of aromatic nitrogens is 1. The zero-order chi connectivity index (χ0) is 15.4. The molecule has 0 aliphatic heterocycles. The first-order chi connectivity index (χ1) is 10.0. The van der Waals surface area contributed by atoms with Crippen molar-refractivity contribution in [3.8, 4) is 10.6 Å². The van der Waals surface area contributed by atoms with Gasteiger partial charge in [-0.1, -0.05) is 28.1 Å². The van der Waals surface area contributed by atoms with Gasteiger partial charge < -0.3 is 10.6 Å². The molecule has 0 saturated carbocycles. The van der Waals surface area contributed by atoms with E-state index in [9.17, 15) is 4.79 Å². The Balaban J connectivity index is 2.08. The van der Waals surface area contributed by atoms with Gasteiger partial charge in [-0.25, -0.2) is 4.98 Å². The first kappa shape index (κ1) is 16.1. The highest BCUT2D eigenvalue weighted by Gasteiger charge is 2.16. The van der Waals surface area contributed by atoms with Crippen LogP contribution in [0, 0.1) is 0 Å². The topological polar surface area (TPSA) is 59.2 Å². The highest BCUT2D eigenvalue weighted by atomic mass is 79.9. The molecule has 1 atom stereocenters. The first-order valence-electron chi connectivity index (χ1n) is 6.67. The molecule has 2 rings (SSSR count). The van der Waals surface area contributed by atoms with Crippen molar-refractivity contribution in [3.05, 3.63) is 39.8 Å². The first-order valence-corrected chi connectivity index (χ1v) is 8.34. The maximum Gasteiger partial charge on any atom is 0.228 e. The number of thiazole rings is 1. The van der Waals surface area contributed by atoms with Gasteiger partial charge in [-0.05, 0) is 19.1 Å². The number of carbonyl (C=O) groups excluding carboxylic acids is 1. The molecule has 0 aliphatic rings. The van der Waals surface area contributed by atoms with Crippen LogP contribution in [0.25, 0.3) is 10.6 Å². The van der Waals surface area contributed by atoms with Crippen LogP contribution in [0.15, 0.2) is 34.1 Å². The van der Waals surface area contributed by atoms with Gasteiger partial charge in [-0.15, -0.1) is 11.3 Å². The SMILES string of the molecule is CC(CN)N(C)C(=O)Cc1csc(-c2cccc(Br)c2)n1. The van der Waals surface area contributed by atoms with Crippen molar-refractivity contribution < 1.29 is 4.79 Å². The van der Waals surface area contributed by atoms with E-state index < -0.39 is 0 Å². The zero-order valence-electron chi connectivity index (χ0n) is 12.0. The summed E-state index contributed by atoms with van der Waals surface area (Å²) in [4.78, 5) is 18.4. The molecule has 1 amide bonds. The molecule has 0 fully saturated rings. The average molecular weight is 368 g/mol. The van der Waals surface area contributed by atoms with Crippen molar-refractivity contribution in [2.75, 3.05) is 13.6 Å². The van der Waals surface area contributed by atoms with Gasteiger partial charge in [0.2, 0.25) is 5.91 Å². The van der Waals surface area contributed by atoms with Crippen LogP contribution < -0.4 is 5.73 Å². The van der Waals surface area contributed by atoms with Crippen LogP contribution in [0.5, 0.6) is 0 Å². The summed E-state index contributed by atoms with van der Waals surface area (Å²) in [5, 5.41) is 2.86. The smallest absolute Gasteiger partial charge is 0.228 e. The minimum atomic E-state index is 0.0408. The molecule has 0 radical (unpaired) electrons. The maximum absolute atomic E-state index is 12.1. The predicted octanol–water partition coefficient (Wildman–Crippen LogP) is 2.92. The normalized spacial score (nSPS) is 12.2. The Morgan fingerprint density at radius 2 is 2.29 bits per heavy atom. The summed E-state index contributed by atoms with van der Waals surface area (Å²) in [6.45, 7) is 2.40. The number of nitrogens with zero attached hydrogens (tertiary/aromatic N) is 2. The number of hydrogen-bond donors (Lipinski definition) is 1. The number of carbonyl (C=O) groups is 1. The van der Waals surface area contributed by atoms with E-state index >= 15 is 0 Å². The standard InChI is InChI=1S/C15H18BrN3OS/c1-10(8-17)19(2)14(20)7-13-9-21-15(18-13)11-4-3-5-12(16)6-11/h3-6,9-10H,7-8,17H2,1-2H3. The van der Waals surface area contributed by atoms with E-state index in [-0.39, 0.29) is 11.9 Å². The summed E-state index contributed by atoms with van der Waals surface area (Å²) in [7, 11) is 1.78. The second-order valence-electron chi connectivity index (χ2n) is 4.92. The largest absolute Gasteiger partial charge is 0.341 e. The second-order valence-corrected chi connectivity index (χ2v) is 6.69. The Hall–Kier alpha value is -1.24. The van der Waals surface area contributed by atoms with E-state index in [2.05, 4.69) is 20.9 Å². The summed E-state index contributed by atoms with van der Waals surface area (Å²) < 4.78 is 1.02. The Morgan fingerprint density at radius 1 is 1.52 bits per heavy atom. The third-order valence-corrected chi connectivity index (χ3v) is 4.78. The third-order valence-electron chi connectivity index (χ3n) is 3.35. The summed E-state index contributed by atoms with van der Waals surface area (Å²) in [6.07, 6.45) is 0.311. The molecule has 0 aliphatic carbocycles. The van der Waals surface area contributed by atoms with Gasteiger partial charge >= 0.3 is 0 Å². The minimum Gasteiger partial charge on any atom is -0.341 e. The van der Waals surface area contributed by atoms with Crippen LogP contribution in [-0.4, -0.2) is 35.4 Å². The number of rotatable bonds is 5. The Bertz CT molecular complexity index is 629. The number of nitrogens with two attached hydrogens (primary N) is 1. The van der Waals surface area contributed by atoms with Crippen LogP contribution in [0.4, 0.5) is 0 Å². The van der Waals surface area contributed by atoms with Crippen molar-refractivity contribution >= 4 is 33.2 Å². The lowest BCUT2D eigenvalue weighted by Crippen LogP contribution is -2.40. The molecule has 2 aromatic rings. The van der Waals surface area contributed by atoms with Gasteiger partial charge in [0.25, 0.3) is 0 Å². The average Bonchev–Trinajstić information content (AvgIpc) is 2.94. The Labute approximate surface area is 137 Å². The quantitative estimate of drug-likeness (QED) is 0.883.